The number of anilines is 1. The molecule has 0 bridgehead atoms. The van der Waals surface area contributed by atoms with Crippen molar-refractivity contribution >= 4 is 29.1 Å². The highest BCUT2D eigenvalue weighted by molar-refractivity contribution is 6.31. The molecule has 0 spiro atoms. The van der Waals surface area contributed by atoms with E-state index in [1.165, 1.54) is 6.07 Å². The molecule has 1 aliphatic heterocycles. The first-order valence-corrected chi connectivity index (χ1v) is 9.00. The Balaban J connectivity index is 2.13. The number of carbonyl (C=O) groups is 2. The Morgan fingerprint density at radius 1 is 1.38 bits per heavy atom. The van der Waals surface area contributed by atoms with Crippen molar-refractivity contribution in [2.75, 3.05) is 38.2 Å². The van der Waals surface area contributed by atoms with E-state index in [2.05, 4.69) is 10.6 Å². The Labute approximate surface area is 158 Å². The molecular formula is C18H26ClN3O4. The number of amides is 2. The summed E-state index contributed by atoms with van der Waals surface area (Å²) in [5, 5.41) is 15.2. The van der Waals surface area contributed by atoms with Crippen molar-refractivity contribution in [3.8, 4) is 0 Å². The zero-order valence-electron chi connectivity index (χ0n) is 15.3. The molecule has 0 saturated carbocycles. The Hall–Kier alpha value is -1.67. The fraction of sp³-hybridized carbons (Fsp3) is 0.556. The van der Waals surface area contributed by atoms with Crippen molar-refractivity contribution in [1.29, 1.82) is 0 Å². The van der Waals surface area contributed by atoms with Crippen molar-refractivity contribution in [3.63, 3.8) is 0 Å². The summed E-state index contributed by atoms with van der Waals surface area (Å²) < 4.78 is 5.41. The van der Waals surface area contributed by atoms with Gasteiger partial charge in [0.25, 0.3) is 5.91 Å². The minimum Gasteiger partial charge on any atom is -0.394 e. The summed E-state index contributed by atoms with van der Waals surface area (Å²) in [5.74, 6) is -0.575. The second kappa shape index (κ2) is 8.81. The minimum atomic E-state index is -0.760. The molecule has 26 heavy (non-hydrogen) atoms. The predicted molar refractivity (Wildman–Crippen MR) is 101 cm³/mol. The first-order chi connectivity index (χ1) is 12.3. The molecule has 1 atom stereocenters. The van der Waals surface area contributed by atoms with E-state index in [0.29, 0.717) is 36.0 Å². The maximum atomic E-state index is 12.6. The number of halogens is 1. The summed E-state index contributed by atoms with van der Waals surface area (Å²) in [6.07, 6.45) is 0. The highest BCUT2D eigenvalue weighted by Gasteiger charge is 2.28. The van der Waals surface area contributed by atoms with Crippen LogP contribution in [0.25, 0.3) is 0 Å². The lowest BCUT2D eigenvalue weighted by Gasteiger charge is -2.33. The average Bonchev–Trinajstić information content (AvgIpc) is 2.60. The van der Waals surface area contributed by atoms with Gasteiger partial charge in [-0.15, -0.1) is 0 Å². The molecule has 0 aliphatic carbocycles. The summed E-state index contributed by atoms with van der Waals surface area (Å²) in [6.45, 7) is 7.61. The number of benzene rings is 1. The highest BCUT2D eigenvalue weighted by Crippen LogP contribution is 2.21. The lowest BCUT2D eigenvalue weighted by atomic mass is 10.1. The largest absolute Gasteiger partial charge is 0.394 e. The lowest BCUT2D eigenvalue weighted by molar-refractivity contribution is -0.127. The molecule has 7 nitrogen and oxygen atoms in total. The van der Waals surface area contributed by atoms with E-state index in [1.54, 1.807) is 26.0 Å². The fourth-order valence-corrected chi connectivity index (χ4v) is 2.93. The number of nitrogens with zero attached hydrogens (tertiary/aromatic N) is 1. The molecule has 0 aromatic heterocycles. The molecule has 1 saturated heterocycles. The number of carbonyl (C=O) groups excluding carboxylic acids is 2. The van der Waals surface area contributed by atoms with Gasteiger partial charge >= 0.3 is 0 Å². The molecule has 1 aromatic carbocycles. The first kappa shape index (κ1) is 20.6. The van der Waals surface area contributed by atoms with Gasteiger partial charge in [-0.2, -0.15) is 0 Å². The van der Waals surface area contributed by atoms with Gasteiger partial charge in [-0.25, -0.2) is 0 Å². The van der Waals surface area contributed by atoms with Crippen LogP contribution in [0.2, 0.25) is 5.02 Å². The highest BCUT2D eigenvalue weighted by atomic mass is 35.5. The van der Waals surface area contributed by atoms with Crippen LogP contribution in [-0.2, 0) is 9.53 Å². The summed E-state index contributed by atoms with van der Waals surface area (Å²) in [4.78, 5) is 27.0. The van der Waals surface area contributed by atoms with Crippen molar-refractivity contribution in [1.82, 2.24) is 10.2 Å². The molecular weight excluding hydrogens is 358 g/mol. The number of rotatable bonds is 6. The first-order valence-electron chi connectivity index (χ1n) is 8.62. The SMILES string of the molecule is CCN1CCOC[C@H]1C(=O)Nc1cc(Cl)cc(C(=O)NC(C)(C)CO)c1. The van der Waals surface area contributed by atoms with Crippen LogP contribution in [0, 0.1) is 0 Å². The predicted octanol–water partition coefficient (Wildman–Crippen LogP) is 1.50. The smallest absolute Gasteiger partial charge is 0.251 e. The number of likely N-dealkylation sites (N-methyl/N-ethyl adjacent to an activating group) is 1. The summed E-state index contributed by atoms with van der Waals surface area (Å²) in [7, 11) is 0. The second-order valence-corrected chi connectivity index (χ2v) is 7.37. The van der Waals surface area contributed by atoms with Gasteiger partial charge in [0.15, 0.2) is 0 Å². The molecule has 2 amide bonds. The summed E-state index contributed by atoms with van der Waals surface area (Å²) in [6, 6.07) is 4.29. The van der Waals surface area contributed by atoms with E-state index in [1.807, 2.05) is 11.8 Å². The van der Waals surface area contributed by atoms with Gasteiger partial charge in [-0.3, -0.25) is 14.5 Å². The number of morpholine rings is 1. The molecule has 8 heteroatoms. The zero-order chi connectivity index (χ0) is 19.3. The van der Waals surface area contributed by atoms with Crippen molar-refractivity contribution in [2.24, 2.45) is 0 Å². The van der Waals surface area contributed by atoms with Gasteiger partial charge in [-0.1, -0.05) is 18.5 Å². The number of ether oxygens (including phenoxy) is 1. The molecule has 1 aromatic rings. The molecule has 1 fully saturated rings. The van der Waals surface area contributed by atoms with E-state index >= 15 is 0 Å². The molecule has 0 unspecified atom stereocenters. The fourth-order valence-electron chi connectivity index (χ4n) is 2.70. The van der Waals surface area contributed by atoms with Crippen LogP contribution in [0.4, 0.5) is 5.69 Å². The van der Waals surface area contributed by atoms with Crippen molar-refractivity contribution in [3.05, 3.63) is 28.8 Å². The minimum absolute atomic E-state index is 0.197. The van der Waals surface area contributed by atoms with Crippen LogP contribution in [0.1, 0.15) is 31.1 Å². The Kier molecular flexibility index (Phi) is 7.00. The third-order valence-electron chi connectivity index (χ3n) is 4.22. The van der Waals surface area contributed by atoms with Gasteiger partial charge in [0, 0.05) is 22.8 Å². The normalized spacial score (nSPS) is 18.4. The summed E-state index contributed by atoms with van der Waals surface area (Å²) in [5.41, 5.74) is -0.0122. The van der Waals surface area contributed by atoms with Crippen LogP contribution in [-0.4, -0.2) is 66.3 Å². The second-order valence-electron chi connectivity index (χ2n) is 6.93. The number of hydrogen-bond acceptors (Lipinski definition) is 5. The number of hydrogen-bond donors (Lipinski definition) is 3. The van der Waals surface area contributed by atoms with Gasteiger partial charge in [0.2, 0.25) is 5.91 Å². The van der Waals surface area contributed by atoms with E-state index in [0.717, 1.165) is 6.54 Å². The van der Waals surface area contributed by atoms with E-state index in [4.69, 9.17) is 16.3 Å². The van der Waals surface area contributed by atoms with Gasteiger partial charge in [0.1, 0.15) is 6.04 Å². The van der Waals surface area contributed by atoms with Crippen LogP contribution < -0.4 is 10.6 Å². The summed E-state index contributed by atoms with van der Waals surface area (Å²) >= 11 is 6.11. The number of aliphatic hydroxyl groups is 1. The van der Waals surface area contributed by atoms with E-state index < -0.39 is 5.54 Å². The average molecular weight is 384 g/mol. The third kappa shape index (κ3) is 5.41. The number of nitrogens with one attached hydrogen (secondary N) is 2. The Bertz CT molecular complexity index is 666. The van der Waals surface area contributed by atoms with Crippen LogP contribution >= 0.6 is 11.6 Å². The molecule has 1 heterocycles. The van der Waals surface area contributed by atoms with Crippen molar-refractivity contribution < 1.29 is 19.4 Å². The molecule has 2 rings (SSSR count). The quantitative estimate of drug-likeness (QED) is 0.692. The zero-order valence-corrected chi connectivity index (χ0v) is 16.1. The molecule has 144 valence electrons. The standard InChI is InChI=1S/C18H26ClN3O4/c1-4-22-5-6-26-10-15(22)17(25)20-14-8-12(7-13(19)9-14)16(24)21-18(2,3)11-23/h7-9,15,23H,4-6,10-11H2,1-3H3,(H,20,25)(H,21,24)/t15-/m0/s1. The third-order valence-corrected chi connectivity index (χ3v) is 4.44. The Morgan fingerprint density at radius 3 is 2.77 bits per heavy atom. The maximum Gasteiger partial charge on any atom is 0.251 e. The maximum absolute atomic E-state index is 12.6. The van der Waals surface area contributed by atoms with Crippen molar-refractivity contribution in [2.45, 2.75) is 32.4 Å². The molecule has 1 aliphatic rings. The topological polar surface area (TPSA) is 90.9 Å². The molecule has 0 radical (unpaired) electrons. The monoisotopic (exact) mass is 383 g/mol. The Morgan fingerprint density at radius 2 is 2.12 bits per heavy atom. The van der Waals surface area contributed by atoms with E-state index in [9.17, 15) is 14.7 Å². The van der Waals surface area contributed by atoms with E-state index in [-0.39, 0.29) is 24.5 Å². The lowest BCUT2D eigenvalue weighted by Crippen LogP contribution is -2.51. The van der Waals surface area contributed by atoms with Crippen LogP contribution in [0.5, 0.6) is 0 Å². The number of aliphatic hydroxyl groups excluding tert-OH is 1. The van der Waals surface area contributed by atoms with Gasteiger partial charge < -0.3 is 20.5 Å². The molecule has 3 N–H and O–H groups in total. The van der Waals surface area contributed by atoms with Crippen LogP contribution in [0.3, 0.4) is 0 Å². The van der Waals surface area contributed by atoms with Crippen LogP contribution in [0.15, 0.2) is 18.2 Å². The van der Waals surface area contributed by atoms with Gasteiger partial charge in [-0.05, 0) is 38.6 Å². The van der Waals surface area contributed by atoms with Gasteiger partial charge in [0.05, 0.1) is 25.4 Å².